The van der Waals surface area contributed by atoms with Crippen molar-refractivity contribution in [2.75, 3.05) is 7.05 Å². The van der Waals surface area contributed by atoms with E-state index in [0.29, 0.717) is 24.2 Å². The van der Waals surface area contributed by atoms with Crippen molar-refractivity contribution in [2.45, 2.75) is 43.9 Å². The van der Waals surface area contributed by atoms with E-state index in [1.165, 1.54) is 19.3 Å². The molecule has 3 rings (SSSR count). The summed E-state index contributed by atoms with van der Waals surface area (Å²) in [5, 5.41) is 3.43. The van der Waals surface area contributed by atoms with Gasteiger partial charge in [-0.05, 0) is 38.4 Å². The first kappa shape index (κ1) is 10.4. The standard InChI is InChI=1S/C13H19NO2/c1-14-12(8-9-3-2-6-15-9)11-7-10-4-5-13(11)16-10/h2-3,6,10-14H,4-5,7-8H2,1H3. The van der Waals surface area contributed by atoms with E-state index in [-0.39, 0.29) is 0 Å². The normalized spacial score (nSPS) is 34.4. The van der Waals surface area contributed by atoms with Crippen molar-refractivity contribution in [1.29, 1.82) is 0 Å². The zero-order valence-corrected chi connectivity index (χ0v) is 9.69. The van der Waals surface area contributed by atoms with E-state index in [2.05, 4.69) is 11.4 Å². The van der Waals surface area contributed by atoms with Gasteiger partial charge in [-0.25, -0.2) is 0 Å². The second-order valence-electron chi connectivity index (χ2n) is 4.95. The van der Waals surface area contributed by atoms with Gasteiger partial charge < -0.3 is 14.5 Å². The first-order valence-corrected chi connectivity index (χ1v) is 6.22. The van der Waals surface area contributed by atoms with Crippen LogP contribution >= 0.6 is 0 Å². The molecule has 2 aliphatic heterocycles. The van der Waals surface area contributed by atoms with E-state index in [0.717, 1.165) is 12.2 Å². The summed E-state index contributed by atoms with van der Waals surface area (Å²) in [4.78, 5) is 0. The van der Waals surface area contributed by atoms with Crippen LogP contribution in [0, 0.1) is 5.92 Å². The average Bonchev–Trinajstić information content (AvgIpc) is 3.02. The Bertz CT molecular complexity index is 336. The van der Waals surface area contributed by atoms with Gasteiger partial charge in [0.1, 0.15) is 5.76 Å². The molecule has 2 bridgehead atoms. The Hall–Kier alpha value is -0.800. The lowest BCUT2D eigenvalue weighted by molar-refractivity contribution is 0.0859. The molecule has 3 heterocycles. The molecule has 0 saturated carbocycles. The van der Waals surface area contributed by atoms with Crippen LogP contribution in [0.2, 0.25) is 0 Å². The maximum absolute atomic E-state index is 5.92. The Kier molecular flexibility index (Phi) is 2.74. The molecule has 3 heteroatoms. The second kappa shape index (κ2) is 4.22. The topological polar surface area (TPSA) is 34.4 Å². The molecule has 16 heavy (non-hydrogen) atoms. The summed E-state index contributed by atoms with van der Waals surface area (Å²) in [5.41, 5.74) is 0. The van der Waals surface area contributed by atoms with Crippen molar-refractivity contribution in [1.82, 2.24) is 5.32 Å². The van der Waals surface area contributed by atoms with E-state index >= 15 is 0 Å². The molecule has 0 amide bonds. The molecule has 2 saturated heterocycles. The third kappa shape index (κ3) is 1.78. The number of hydrogen-bond donors (Lipinski definition) is 1. The van der Waals surface area contributed by atoms with Crippen LogP contribution in [0.4, 0.5) is 0 Å². The van der Waals surface area contributed by atoms with Crippen molar-refractivity contribution in [3.05, 3.63) is 24.2 Å². The zero-order valence-electron chi connectivity index (χ0n) is 9.69. The monoisotopic (exact) mass is 221 g/mol. The van der Waals surface area contributed by atoms with Gasteiger partial charge in [-0.3, -0.25) is 0 Å². The molecule has 2 aliphatic rings. The highest BCUT2D eigenvalue weighted by Gasteiger charge is 2.43. The summed E-state index contributed by atoms with van der Waals surface area (Å²) in [5.74, 6) is 1.73. The van der Waals surface area contributed by atoms with Gasteiger partial charge in [-0.15, -0.1) is 0 Å². The molecule has 0 aliphatic carbocycles. The number of hydrogen-bond acceptors (Lipinski definition) is 3. The van der Waals surface area contributed by atoms with Gasteiger partial charge >= 0.3 is 0 Å². The Balaban J connectivity index is 1.67. The molecule has 2 fully saturated rings. The SMILES string of the molecule is CNC(Cc1ccco1)C1CC2CCC1O2. The molecule has 0 spiro atoms. The Labute approximate surface area is 96.2 Å². The predicted molar refractivity (Wildman–Crippen MR) is 61.3 cm³/mol. The van der Waals surface area contributed by atoms with E-state index in [9.17, 15) is 0 Å². The lowest BCUT2D eigenvalue weighted by Crippen LogP contribution is -2.40. The van der Waals surface area contributed by atoms with Crippen LogP contribution in [0.25, 0.3) is 0 Å². The number of fused-ring (bicyclic) bond motifs is 2. The largest absolute Gasteiger partial charge is 0.469 e. The Morgan fingerprint density at radius 2 is 2.44 bits per heavy atom. The van der Waals surface area contributed by atoms with Crippen molar-refractivity contribution < 1.29 is 9.15 Å². The van der Waals surface area contributed by atoms with Gasteiger partial charge in [0.2, 0.25) is 0 Å². The molecule has 4 unspecified atom stereocenters. The van der Waals surface area contributed by atoms with Crippen molar-refractivity contribution in [2.24, 2.45) is 5.92 Å². The van der Waals surface area contributed by atoms with E-state index in [1.807, 2.05) is 13.1 Å². The van der Waals surface area contributed by atoms with Crippen LogP contribution in [0.5, 0.6) is 0 Å². The third-order valence-electron chi connectivity index (χ3n) is 4.04. The maximum Gasteiger partial charge on any atom is 0.105 e. The fraction of sp³-hybridized carbons (Fsp3) is 0.692. The van der Waals surface area contributed by atoms with Crippen LogP contribution in [0.3, 0.4) is 0 Å². The first-order chi connectivity index (χ1) is 7.86. The van der Waals surface area contributed by atoms with Gasteiger partial charge in [0, 0.05) is 18.4 Å². The second-order valence-corrected chi connectivity index (χ2v) is 4.95. The van der Waals surface area contributed by atoms with Crippen LogP contribution in [-0.4, -0.2) is 25.3 Å². The highest BCUT2D eigenvalue weighted by atomic mass is 16.5. The maximum atomic E-state index is 5.92. The van der Waals surface area contributed by atoms with Gasteiger partial charge in [0.05, 0.1) is 18.5 Å². The number of nitrogens with one attached hydrogen (secondary N) is 1. The number of furan rings is 1. The van der Waals surface area contributed by atoms with Crippen LogP contribution < -0.4 is 5.32 Å². The Morgan fingerprint density at radius 1 is 1.50 bits per heavy atom. The molecule has 0 radical (unpaired) electrons. The molecule has 3 nitrogen and oxygen atoms in total. The summed E-state index contributed by atoms with van der Waals surface area (Å²) in [6.07, 6.45) is 7.46. The number of ether oxygens (including phenoxy) is 1. The molecule has 0 aromatic carbocycles. The van der Waals surface area contributed by atoms with Crippen LogP contribution in [0.15, 0.2) is 22.8 Å². The lowest BCUT2D eigenvalue weighted by atomic mass is 9.82. The highest BCUT2D eigenvalue weighted by molar-refractivity contribution is 5.04. The molecular weight excluding hydrogens is 202 g/mol. The molecule has 4 atom stereocenters. The van der Waals surface area contributed by atoms with Gasteiger partial charge in [0.25, 0.3) is 0 Å². The molecule has 1 aromatic rings. The van der Waals surface area contributed by atoms with Crippen LogP contribution in [0.1, 0.15) is 25.0 Å². The minimum atomic E-state index is 0.484. The lowest BCUT2D eigenvalue weighted by Gasteiger charge is -2.27. The Morgan fingerprint density at radius 3 is 3.00 bits per heavy atom. The quantitative estimate of drug-likeness (QED) is 0.844. The fourth-order valence-electron chi connectivity index (χ4n) is 3.21. The van der Waals surface area contributed by atoms with E-state index < -0.39 is 0 Å². The first-order valence-electron chi connectivity index (χ1n) is 6.22. The summed E-state index contributed by atoms with van der Waals surface area (Å²) in [6.45, 7) is 0. The fourth-order valence-corrected chi connectivity index (χ4v) is 3.21. The van der Waals surface area contributed by atoms with Crippen molar-refractivity contribution >= 4 is 0 Å². The minimum Gasteiger partial charge on any atom is -0.469 e. The molecule has 1 N–H and O–H groups in total. The predicted octanol–water partition coefficient (Wildman–Crippen LogP) is 1.98. The van der Waals surface area contributed by atoms with E-state index in [4.69, 9.17) is 9.15 Å². The van der Waals surface area contributed by atoms with E-state index in [1.54, 1.807) is 6.26 Å². The highest BCUT2D eigenvalue weighted by Crippen LogP contribution is 2.40. The van der Waals surface area contributed by atoms with Crippen molar-refractivity contribution in [3.63, 3.8) is 0 Å². The smallest absolute Gasteiger partial charge is 0.105 e. The van der Waals surface area contributed by atoms with Crippen LogP contribution in [-0.2, 0) is 11.2 Å². The van der Waals surface area contributed by atoms with Gasteiger partial charge in [-0.2, -0.15) is 0 Å². The minimum absolute atomic E-state index is 0.484. The van der Waals surface area contributed by atoms with Crippen molar-refractivity contribution in [3.8, 4) is 0 Å². The van der Waals surface area contributed by atoms with Gasteiger partial charge in [0.15, 0.2) is 0 Å². The number of rotatable bonds is 4. The molecular formula is C13H19NO2. The summed E-state index contributed by atoms with van der Waals surface area (Å²) in [6, 6.07) is 4.50. The molecule has 1 aromatic heterocycles. The average molecular weight is 221 g/mol. The third-order valence-corrected chi connectivity index (χ3v) is 4.04. The van der Waals surface area contributed by atoms with Gasteiger partial charge in [-0.1, -0.05) is 0 Å². The molecule has 88 valence electrons. The zero-order chi connectivity index (χ0) is 11.0. The summed E-state index contributed by atoms with van der Waals surface area (Å²) in [7, 11) is 2.04. The summed E-state index contributed by atoms with van der Waals surface area (Å²) < 4.78 is 11.3. The number of likely N-dealkylation sites (N-methyl/N-ethyl adjacent to an activating group) is 1. The summed E-state index contributed by atoms with van der Waals surface area (Å²) >= 11 is 0.